The molecule has 0 bridgehead atoms. The molecule has 2 N–H and O–H groups in total. The van der Waals surface area contributed by atoms with Crippen LogP contribution in [-0.4, -0.2) is 24.6 Å². The molecule has 0 spiro atoms. The fraction of sp³-hybridized carbons (Fsp3) is 0.556. The number of nitrogens with one attached hydrogen (secondary N) is 2. The van der Waals surface area contributed by atoms with Crippen LogP contribution in [0.25, 0.3) is 0 Å². The maximum atomic E-state index is 12.2. The van der Waals surface area contributed by atoms with E-state index in [0.29, 0.717) is 30.4 Å². The molecule has 1 aromatic carbocycles. The van der Waals surface area contributed by atoms with Crippen molar-refractivity contribution < 1.29 is 19.1 Å². The smallest absolute Gasteiger partial charge is 0.242 e. The Hall–Kier alpha value is -2.24. The molecule has 0 unspecified atom stereocenters. The van der Waals surface area contributed by atoms with E-state index in [1.807, 2.05) is 18.2 Å². The number of ether oxygens (including phenoxy) is 2. The van der Waals surface area contributed by atoms with Crippen molar-refractivity contribution in [1.82, 2.24) is 10.6 Å². The van der Waals surface area contributed by atoms with Crippen LogP contribution in [0.4, 0.5) is 0 Å². The van der Waals surface area contributed by atoms with Crippen molar-refractivity contribution in [3.63, 3.8) is 0 Å². The Balaban J connectivity index is 1.46. The van der Waals surface area contributed by atoms with E-state index in [2.05, 4.69) is 10.6 Å². The van der Waals surface area contributed by atoms with E-state index >= 15 is 0 Å². The van der Waals surface area contributed by atoms with Crippen molar-refractivity contribution in [2.75, 3.05) is 6.79 Å². The first-order valence-electron chi connectivity index (χ1n) is 8.58. The van der Waals surface area contributed by atoms with Crippen molar-refractivity contribution in [2.24, 2.45) is 5.92 Å². The quantitative estimate of drug-likeness (QED) is 0.836. The largest absolute Gasteiger partial charge is 0.454 e. The first-order chi connectivity index (χ1) is 11.6. The van der Waals surface area contributed by atoms with Gasteiger partial charge in [-0.2, -0.15) is 0 Å². The summed E-state index contributed by atoms with van der Waals surface area (Å²) in [7, 11) is 0. The highest BCUT2D eigenvalue weighted by Crippen LogP contribution is 2.35. The molecule has 2 aliphatic rings. The minimum absolute atomic E-state index is 0.0399. The van der Waals surface area contributed by atoms with Gasteiger partial charge < -0.3 is 20.1 Å². The van der Waals surface area contributed by atoms with Crippen LogP contribution in [-0.2, 0) is 16.1 Å². The van der Waals surface area contributed by atoms with Gasteiger partial charge in [-0.1, -0.05) is 25.0 Å². The summed E-state index contributed by atoms with van der Waals surface area (Å²) < 4.78 is 10.7. The zero-order valence-electron chi connectivity index (χ0n) is 14.0. The summed E-state index contributed by atoms with van der Waals surface area (Å²) in [6.45, 7) is 2.25. The van der Waals surface area contributed by atoms with Gasteiger partial charge >= 0.3 is 0 Å². The van der Waals surface area contributed by atoms with Gasteiger partial charge in [-0.15, -0.1) is 0 Å². The van der Waals surface area contributed by atoms with Gasteiger partial charge in [0.25, 0.3) is 0 Å². The van der Waals surface area contributed by atoms with E-state index < -0.39 is 6.04 Å². The number of fused-ring (bicyclic) bond motifs is 1. The summed E-state index contributed by atoms with van der Waals surface area (Å²) in [6.07, 6.45) is 5.18. The number of benzene rings is 1. The molecule has 1 aliphatic heterocycles. The van der Waals surface area contributed by atoms with Crippen LogP contribution < -0.4 is 20.1 Å². The van der Waals surface area contributed by atoms with Crippen LogP contribution in [0.2, 0.25) is 0 Å². The van der Waals surface area contributed by atoms with Gasteiger partial charge in [0.2, 0.25) is 18.6 Å². The highest BCUT2D eigenvalue weighted by Gasteiger charge is 2.22. The standard InChI is InChI=1S/C18H24N2O4/c1-12(20-16(21)9-13-5-2-3-6-13)18(22)19-10-14-7-4-8-15-17(14)24-11-23-15/h4,7-8,12-13H,2-3,5-6,9-11H2,1H3,(H,19,22)(H,20,21)/t12-/m0/s1. The Kier molecular flexibility index (Phi) is 5.23. The number of amides is 2. The van der Waals surface area contributed by atoms with Crippen LogP contribution in [0.5, 0.6) is 11.5 Å². The summed E-state index contributed by atoms with van der Waals surface area (Å²) in [5.41, 5.74) is 0.864. The molecule has 1 heterocycles. The monoisotopic (exact) mass is 332 g/mol. The van der Waals surface area contributed by atoms with Gasteiger partial charge in [-0.3, -0.25) is 9.59 Å². The predicted molar refractivity (Wildman–Crippen MR) is 88.6 cm³/mol. The third-order valence-corrected chi connectivity index (χ3v) is 4.65. The lowest BCUT2D eigenvalue weighted by molar-refractivity contribution is -0.129. The molecule has 1 aliphatic carbocycles. The third kappa shape index (κ3) is 3.99. The molecule has 1 saturated carbocycles. The number of rotatable bonds is 6. The van der Waals surface area contributed by atoms with E-state index in [0.717, 1.165) is 18.4 Å². The second-order valence-corrected chi connectivity index (χ2v) is 6.51. The van der Waals surface area contributed by atoms with Crippen molar-refractivity contribution in [2.45, 2.75) is 51.6 Å². The molecular formula is C18H24N2O4. The first kappa shape index (κ1) is 16.6. The highest BCUT2D eigenvalue weighted by molar-refractivity contribution is 5.87. The summed E-state index contributed by atoms with van der Waals surface area (Å²) in [4.78, 5) is 24.2. The maximum Gasteiger partial charge on any atom is 0.242 e. The lowest BCUT2D eigenvalue weighted by Gasteiger charge is -2.16. The number of hydrogen-bond acceptors (Lipinski definition) is 4. The minimum atomic E-state index is -0.548. The van der Waals surface area contributed by atoms with Crippen molar-refractivity contribution in [3.05, 3.63) is 23.8 Å². The topological polar surface area (TPSA) is 76.7 Å². The number of hydrogen-bond donors (Lipinski definition) is 2. The Morgan fingerprint density at radius 3 is 2.83 bits per heavy atom. The second kappa shape index (κ2) is 7.55. The molecular weight excluding hydrogens is 308 g/mol. The van der Waals surface area contributed by atoms with Crippen molar-refractivity contribution in [3.8, 4) is 11.5 Å². The van der Waals surface area contributed by atoms with Gasteiger partial charge in [0.1, 0.15) is 6.04 Å². The molecule has 2 amide bonds. The van der Waals surface area contributed by atoms with Crippen molar-refractivity contribution >= 4 is 11.8 Å². The first-order valence-corrected chi connectivity index (χ1v) is 8.58. The summed E-state index contributed by atoms with van der Waals surface area (Å²) in [5.74, 6) is 1.60. The summed E-state index contributed by atoms with van der Waals surface area (Å²) in [5, 5.41) is 5.63. The second-order valence-electron chi connectivity index (χ2n) is 6.51. The van der Waals surface area contributed by atoms with Crippen LogP contribution in [0.15, 0.2) is 18.2 Å². The zero-order chi connectivity index (χ0) is 16.9. The molecule has 0 aromatic heterocycles. The van der Waals surface area contributed by atoms with Gasteiger partial charge in [-0.25, -0.2) is 0 Å². The van der Waals surface area contributed by atoms with E-state index in [-0.39, 0.29) is 18.6 Å². The van der Waals surface area contributed by atoms with E-state index in [9.17, 15) is 9.59 Å². The Labute approximate surface area is 141 Å². The van der Waals surface area contributed by atoms with Gasteiger partial charge in [0.15, 0.2) is 11.5 Å². The lowest BCUT2D eigenvalue weighted by atomic mass is 10.0. The molecule has 130 valence electrons. The normalized spacial score (nSPS) is 17.5. The number of carbonyl (C=O) groups excluding carboxylic acids is 2. The summed E-state index contributed by atoms with van der Waals surface area (Å²) >= 11 is 0. The molecule has 1 fully saturated rings. The van der Waals surface area contributed by atoms with Gasteiger partial charge in [0, 0.05) is 18.5 Å². The Morgan fingerprint density at radius 1 is 1.25 bits per heavy atom. The predicted octanol–water partition coefficient (Wildman–Crippen LogP) is 2.12. The van der Waals surface area contributed by atoms with Crippen LogP contribution in [0.3, 0.4) is 0 Å². The fourth-order valence-corrected chi connectivity index (χ4v) is 3.31. The molecule has 1 aromatic rings. The van der Waals surface area contributed by atoms with Crippen LogP contribution in [0.1, 0.15) is 44.6 Å². The Morgan fingerprint density at radius 2 is 2.04 bits per heavy atom. The van der Waals surface area contributed by atoms with E-state index in [1.165, 1.54) is 12.8 Å². The Bertz CT molecular complexity index is 611. The van der Waals surface area contributed by atoms with Gasteiger partial charge in [0.05, 0.1) is 0 Å². The zero-order valence-corrected chi connectivity index (χ0v) is 14.0. The van der Waals surface area contributed by atoms with Gasteiger partial charge in [-0.05, 0) is 31.7 Å². The molecule has 0 radical (unpaired) electrons. The molecule has 3 rings (SSSR count). The van der Waals surface area contributed by atoms with Crippen LogP contribution >= 0.6 is 0 Å². The number of carbonyl (C=O) groups is 2. The van der Waals surface area contributed by atoms with Crippen LogP contribution in [0, 0.1) is 5.92 Å². The van der Waals surface area contributed by atoms with E-state index in [4.69, 9.17) is 9.47 Å². The average Bonchev–Trinajstić information content (AvgIpc) is 3.23. The van der Waals surface area contributed by atoms with Crippen molar-refractivity contribution in [1.29, 1.82) is 0 Å². The average molecular weight is 332 g/mol. The fourth-order valence-electron chi connectivity index (χ4n) is 3.31. The molecule has 24 heavy (non-hydrogen) atoms. The highest BCUT2D eigenvalue weighted by atomic mass is 16.7. The number of para-hydroxylation sites is 1. The van der Waals surface area contributed by atoms with E-state index in [1.54, 1.807) is 6.92 Å². The maximum absolute atomic E-state index is 12.2. The third-order valence-electron chi connectivity index (χ3n) is 4.65. The minimum Gasteiger partial charge on any atom is -0.454 e. The summed E-state index contributed by atoms with van der Waals surface area (Å²) in [6, 6.07) is 5.03. The molecule has 6 nitrogen and oxygen atoms in total. The molecule has 6 heteroatoms. The molecule has 1 atom stereocenters. The SMILES string of the molecule is C[C@H](NC(=O)CC1CCCC1)C(=O)NCc1cccc2c1OCO2. The molecule has 0 saturated heterocycles. The lowest BCUT2D eigenvalue weighted by Crippen LogP contribution is -2.44.